The van der Waals surface area contributed by atoms with Crippen molar-refractivity contribution < 1.29 is 22.3 Å². The highest BCUT2D eigenvalue weighted by atomic mass is 32.2. The van der Waals surface area contributed by atoms with Gasteiger partial charge >= 0.3 is 0 Å². The van der Waals surface area contributed by atoms with Crippen molar-refractivity contribution in [3.8, 4) is 0 Å². The molecule has 1 amide bonds. The second-order valence-electron chi connectivity index (χ2n) is 5.42. The second kappa shape index (κ2) is 7.19. The van der Waals surface area contributed by atoms with Crippen molar-refractivity contribution >= 4 is 15.7 Å². The number of nitrogens with one attached hydrogen (secondary N) is 1. The first-order chi connectivity index (χ1) is 10.4. The summed E-state index contributed by atoms with van der Waals surface area (Å²) in [5.41, 5.74) is 0.319. The van der Waals surface area contributed by atoms with Crippen LogP contribution in [-0.4, -0.2) is 38.0 Å². The Labute approximate surface area is 129 Å². The number of halogens is 1. The van der Waals surface area contributed by atoms with E-state index < -0.39 is 26.8 Å². The summed E-state index contributed by atoms with van der Waals surface area (Å²) >= 11 is 0. The van der Waals surface area contributed by atoms with Crippen LogP contribution in [0.2, 0.25) is 0 Å². The molecule has 5 nitrogen and oxygen atoms in total. The molecule has 0 aromatic heterocycles. The Balaban J connectivity index is 1.92. The first-order valence-corrected chi connectivity index (χ1v) is 8.96. The smallest absolute Gasteiger partial charge is 0.238 e. The lowest BCUT2D eigenvalue weighted by molar-refractivity contribution is -0.120. The number of ether oxygens (including phenoxy) is 1. The number of rotatable bonds is 6. The number of hydrogen-bond acceptors (Lipinski definition) is 4. The van der Waals surface area contributed by atoms with Gasteiger partial charge < -0.3 is 10.1 Å². The summed E-state index contributed by atoms with van der Waals surface area (Å²) in [7, 11) is -3.59. The molecular weight excluding hydrogens is 309 g/mol. The molecule has 1 saturated heterocycles. The third kappa shape index (κ3) is 4.27. The highest BCUT2D eigenvalue weighted by Crippen LogP contribution is 2.16. The monoisotopic (exact) mass is 329 g/mol. The zero-order valence-electron chi connectivity index (χ0n) is 12.4. The van der Waals surface area contributed by atoms with Crippen LogP contribution in [-0.2, 0) is 25.9 Å². The van der Waals surface area contributed by atoms with Crippen molar-refractivity contribution in [3.63, 3.8) is 0 Å². The fourth-order valence-corrected chi connectivity index (χ4v) is 3.79. The maximum atomic E-state index is 13.5. The van der Waals surface area contributed by atoms with E-state index in [1.54, 1.807) is 18.2 Å². The zero-order chi connectivity index (χ0) is 16.2. The third-order valence-electron chi connectivity index (χ3n) is 3.76. The highest BCUT2D eigenvalue weighted by Gasteiger charge is 2.32. The van der Waals surface area contributed by atoms with Gasteiger partial charge in [-0.3, -0.25) is 4.79 Å². The van der Waals surface area contributed by atoms with Gasteiger partial charge in [0.25, 0.3) is 0 Å². The van der Waals surface area contributed by atoms with Crippen LogP contribution in [0.1, 0.15) is 25.3 Å². The van der Waals surface area contributed by atoms with Gasteiger partial charge in [-0.25, -0.2) is 12.8 Å². The number of carbonyl (C=O) groups excluding carboxylic acids is 1. The Morgan fingerprint density at radius 2 is 2.18 bits per heavy atom. The number of carbonyl (C=O) groups is 1. The number of amides is 1. The molecule has 1 aromatic rings. The molecule has 1 aliphatic rings. The first kappa shape index (κ1) is 16.9. The lowest BCUT2D eigenvalue weighted by atomic mass is 10.2. The lowest BCUT2D eigenvalue weighted by Crippen LogP contribution is -2.40. The summed E-state index contributed by atoms with van der Waals surface area (Å²) in [6.07, 6.45) is 1.21. The van der Waals surface area contributed by atoms with E-state index in [2.05, 4.69) is 5.32 Å². The van der Waals surface area contributed by atoms with Crippen molar-refractivity contribution in [2.24, 2.45) is 0 Å². The molecule has 0 spiro atoms. The molecule has 2 atom stereocenters. The summed E-state index contributed by atoms with van der Waals surface area (Å²) in [5.74, 6) is -1.21. The maximum absolute atomic E-state index is 13.5. The number of benzene rings is 1. The van der Waals surface area contributed by atoms with Crippen LogP contribution in [0.15, 0.2) is 24.3 Å². The van der Waals surface area contributed by atoms with E-state index in [1.807, 2.05) is 0 Å². The summed E-state index contributed by atoms with van der Waals surface area (Å²) in [5, 5.41) is 1.29. The average molecular weight is 329 g/mol. The minimum absolute atomic E-state index is 0.0364. The van der Waals surface area contributed by atoms with Gasteiger partial charge in [-0.2, -0.15) is 0 Å². The molecule has 0 aliphatic carbocycles. The van der Waals surface area contributed by atoms with Crippen molar-refractivity contribution in [3.05, 3.63) is 35.6 Å². The lowest BCUT2D eigenvalue weighted by Gasteiger charge is -2.16. The Kier molecular flexibility index (Phi) is 5.52. The van der Waals surface area contributed by atoms with Crippen molar-refractivity contribution in [2.45, 2.75) is 37.7 Å². The Morgan fingerprint density at radius 3 is 2.82 bits per heavy atom. The van der Waals surface area contributed by atoms with Gasteiger partial charge in [-0.05, 0) is 25.8 Å². The van der Waals surface area contributed by atoms with E-state index in [-0.39, 0.29) is 18.4 Å². The molecule has 1 N–H and O–H groups in total. The second-order valence-corrected chi connectivity index (χ2v) is 7.78. The molecule has 2 rings (SSSR count). The molecular formula is C15H20FNO4S. The fraction of sp³-hybridized carbons (Fsp3) is 0.533. The molecule has 1 fully saturated rings. The molecule has 1 aliphatic heterocycles. The topological polar surface area (TPSA) is 72.5 Å². The number of sulfone groups is 1. The SMILES string of the molecule is C[C@H](C(=O)NCc1ccccc1F)S(=O)(=O)C[C@H]1CCCO1. The van der Waals surface area contributed by atoms with E-state index in [0.29, 0.717) is 18.6 Å². The Bertz CT molecular complexity index is 626. The summed E-state index contributed by atoms with van der Waals surface area (Å²) in [6, 6.07) is 6.04. The molecule has 0 unspecified atom stereocenters. The van der Waals surface area contributed by atoms with Gasteiger partial charge in [0, 0.05) is 18.7 Å². The van der Waals surface area contributed by atoms with Gasteiger partial charge in [0.1, 0.15) is 11.1 Å². The van der Waals surface area contributed by atoms with Crippen LogP contribution in [0, 0.1) is 5.82 Å². The molecule has 22 heavy (non-hydrogen) atoms. The molecule has 0 bridgehead atoms. The van der Waals surface area contributed by atoms with Gasteiger partial charge in [0.2, 0.25) is 5.91 Å². The Hall–Kier alpha value is -1.47. The van der Waals surface area contributed by atoms with Crippen molar-refractivity contribution in [1.82, 2.24) is 5.32 Å². The van der Waals surface area contributed by atoms with Gasteiger partial charge in [-0.15, -0.1) is 0 Å². The minimum Gasteiger partial charge on any atom is -0.377 e. The predicted molar refractivity (Wildman–Crippen MR) is 80.5 cm³/mol. The van der Waals surface area contributed by atoms with Crippen LogP contribution >= 0.6 is 0 Å². The normalized spacial score (nSPS) is 19.8. The Morgan fingerprint density at radius 1 is 1.45 bits per heavy atom. The molecule has 7 heteroatoms. The van der Waals surface area contributed by atoms with E-state index in [0.717, 1.165) is 6.42 Å². The molecule has 122 valence electrons. The van der Waals surface area contributed by atoms with Crippen LogP contribution in [0.4, 0.5) is 4.39 Å². The molecule has 0 saturated carbocycles. The quantitative estimate of drug-likeness (QED) is 0.857. The van der Waals surface area contributed by atoms with E-state index in [9.17, 15) is 17.6 Å². The van der Waals surface area contributed by atoms with Crippen LogP contribution in [0.5, 0.6) is 0 Å². The first-order valence-electron chi connectivity index (χ1n) is 7.24. The summed E-state index contributed by atoms with van der Waals surface area (Å²) in [6.45, 7) is 1.88. The predicted octanol–water partition coefficient (Wildman–Crippen LogP) is 1.42. The van der Waals surface area contributed by atoms with E-state index >= 15 is 0 Å². The van der Waals surface area contributed by atoms with Crippen molar-refractivity contribution in [2.75, 3.05) is 12.4 Å². The zero-order valence-corrected chi connectivity index (χ0v) is 13.2. The summed E-state index contributed by atoms with van der Waals surface area (Å²) < 4.78 is 43.1. The van der Waals surface area contributed by atoms with Crippen LogP contribution in [0.3, 0.4) is 0 Å². The number of hydrogen-bond donors (Lipinski definition) is 1. The molecule has 1 heterocycles. The van der Waals surface area contributed by atoms with Crippen LogP contribution in [0.25, 0.3) is 0 Å². The van der Waals surface area contributed by atoms with E-state index in [1.165, 1.54) is 13.0 Å². The van der Waals surface area contributed by atoms with E-state index in [4.69, 9.17) is 4.74 Å². The molecule has 0 radical (unpaired) electrons. The fourth-order valence-electron chi connectivity index (χ4n) is 2.31. The van der Waals surface area contributed by atoms with Gasteiger partial charge in [0.15, 0.2) is 9.84 Å². The largest absolute Gasteiger partial charge is 0.377 e. The maximum Gasteiger partial charge on any atom is 0.238 e. The highest BCUT2D eigenvalue weighted by molar-refractivity contribution is 7.92. The minimum atomic E-state index is -3.59. The standard InChI is InChI=1S/C15H20FNO4S/c1-11(22(19,20)10-13-6-4-8-21-13)15(18)17-9-12-5-2-3-7-14(12)16/h2-3,5,7,11,13H,4,6,8-10H2,1H3,(H,17,18)/t11-,13-/m1/s1. The average Bonchev–Trinajstić information content (AvgIpc) is 2.97. The van der Waals surface area contributed by atoms with Gasteiger partial charge in [-0.1, -0.05) is 18.2 Å². The summed E-state index contributed by atoms with van der Waals surface area (Å²) in [4.78, 5) is 12.0. The van der Waals surface area contributed by atoms with Gasteiger partial charge in [0.05, 0.1) is 11.9 Å². The third-order valence-corrected chi connectivity index (χ3v) is 5.89. The van der Waals surface area contributed by atoms with Crippen molar-refractivity contribution in [1.29, 1.82) is 0 Å². The van der Waals surface area contributed by atoms with Crippen LogP contribution < -0.4 is 5.32 Å². The molecule has 1 aromatic carbocycles.